The molecule has 1 aromatic carbocycles. The molecule has 1 aromatic rings. The summed E-state index contributed by atoms with van der Waals surface area (Å²) < 4.78 is 23.7. The molecular weight excluding hydrogens is 326 g/mol. The van der Waals surface area contributed by atoms with Crippen LogP contribution in [0, 0.1) is 0 Å². The molecular formula is C11H11BrClNO2S. The second kappa shape index (κ2) is 5.08. The van der Waals surface area contributed by atoms with Crippen LogP contribution in [0.15, 0.2) is 33.7 Å². The molecule has 1 saturated heterocycles. The number of hydrogen-bond acceptors (Lipinski definition) is 3. The Balaban J connectivity index is 2.09. The van der Waals surface area contributed by atoms with Crippen molar-refractivity contribution in [1.82, 2.24) is 0 Å². The van der Waals surface area contributed by atoms with E-state index in [0.717, 1.165) is 10.0 Å². The average Bonchev–Trinajstić information content (AvgIpc) is 2.51. The lowest BCUT2D eigenvalue weighted by Gasteiger charge is -2.04. The molecule has 0 aliphatic carbocycles. The van der Waals surface area contributed by atoms with Crippen molar-refractivity contribution in [3.05, 3.63) is 34.3 Å². The summed E-state index contributed by atoms with van der Waals surface area (Å²) in [5, 5.41) is -0.410. The number of nitrogens with zero attached hydrogens (tertiary/aromatic N) is 1. The molecule has 0 radical (unpaired) electrons. The first kappa shape index (κ1) is 13.1. The molecule has 1 heterocycles. The molecule has 2 rings (SSSR count). The van der Waals surface area contributed by atoms with Crippen molar-refractivity contribution in [3.8, 4) is 0 Å². The van der Waals surface area contributed by atoms with Crippen molar-refractivity contribution in [2.45, 2.75) is 11.4 Å². The fourth-order valence-electron chi connectivity index (χ4n) is 1.65. The van der Waals surface area contributed by atoms with Crippen LogP contribution in [0.5, 0.6) is 0 Å². The number of aliphatic imine (C=N–C) groups is 1. The minimum absolute atomic E-state index is 0.0247. The molecule has 3 nitrogen and oxygen atoms in total. The molecule has 1 aliphatic heterocycles. The van der Waals surface area contributed by atoms with Crippen LogP contribution < -0.4 is 0 Å². The molecule has 0 bridgehead atoms. The van der Waals surface area contributed by atoms with Crippen molar-refractivity contribution < 1.29 is 8.42 Å². The summed E-state index contributed by atoms with van der Waals surface area (Å²) in [6.45, 7) is 0. The maximum absolute atomic E-state index is 11.3. The largest absolute Gasteiger partial charge is 0.287 e. The molecule has 2 atom stereocenters. The molecule has 1 fully saturated rings. The first-order chi connectivity index (χ1) is 7.96. The number of alkyl halides is 1. The number of benzene rings is 1. The van der Waals surface area contributed by atoms with E-state index in [-0.39, 0.29) is 17.5 Å². The van der Waals surface area contributed by atoms with E-state index in [0.29, 0.717) is 0 Å². The Bertz CT molecular complexity index is 527. The van der Waals surface area contributed by atoms with Crippen LogP contribution in [0.2, 0.25) is 0 Å². The van der Waals surface area contributed by atoms with Gasteiger partial charge in [-0.1, -0.05) is 28.1 Å². The first-order valence-corrected chi connectivity index (χ1v) is 8.14. The van der Waals surface area contributed by atoms with Gasteiger partial charge in [-0.25, -0.2) is 8.42 Å². The molecule has 0 spiro atoms. The zero-order valence-electron chi connectivity index (χ0n) is 8.88. The lowest BCUT2D eigenvalue weighted by Crippen LogP contribution is -2.16. The van der Waals surface area contributed by atoms with Crippen LogP contribution in [0.1, 0.15) is 5.56 Å². The maximum Gasteiger partial charge on any atom is 0.153 e. The molecule has 0 N–H and O–H groups in total. The summed E-state index contributed by atoms with van der Waals surface area (Å²) in [6.07, 6.45) is 1.67. The average molecular weight is 337 g/mol. The second-order valence-electron chi connectivity index (χ2n) is 3.99. The minimum atomic E-state index is -3.01. The predicted octanol–water partition coefficient (Wildman–Crippen LogP) is 2.27. The third-order valence-corrected chi connectivity index (χ3v) is 5.41. The Hall–Kier alpha value is -0.390. The molecule has 0 aromatic heterocycles. The van der Waals surface area contributed by atoms with Crippen molar-refractivity contribution in [2.75, 3.05) is 11.5 Å². The summed E-state index contributed by atoms with van der Waals surface area (Å²) in [7, 11) is -3.01. The van der Waals surface area contributed by atoms with Gasteiger partial charge in [0.25, 0.3) is 0 Å². The van der Waals surface area contributed by atoms with Crippen LogP contribution in [-0.4, -0.2) is 37.6 Å². The van der Waals surface area contributed by atoms with Crippen LogP contribution in [0.25, 0.3) is 0 Å². The number of halogens is 2. The Kier molecular flexibility index (Phi) is 3.90. The van der Waals surface area contributed by atoms with Crippen LogP contribution in [0.3, 0.4) is 0 Å². The number of hydrogen-bond donors (Lipinski definition) is 0. The van der Waals surface area contributed by atoms with Gasteiger partial charge in [0.15, 0.2) is 9.84 Å². The van der Waals surface area contributed by atoms with Gasteiger partial charge in [0.2, 0.25) is 0 Å². The third-order valence-electron chi connectivity index (χ3n) is 2.54. The normalized spacial score (nSPS) is 27.6. The van der Waals surface area contributed by atoms with Gasteiger partial charge in [-0.05, 0) is 17.7 Å². The highest BCUT2D eigenvalue weighted by Crippen LogP contribution is 2.20. The lowest BCUT2D eigenvalue weighted by atomic mass is 10.2. The highest BCUT2D eigenvalue weighted by Gasteiger charge is 2.35. The Morgan fingerprint density at radius 2 is 1.94 bits per heavy atom. The van der Waals surface area contributed by atoms with E-state index in [1.807, 2.05) is 24.3 Å². The van der Waals surface area contributed by atoms with Crippen LogP contribution in [0.4, 0.5) is 0 Å². The van der Waals surface area contributed by atoms with Crippen molar-refractivity contribution in [2.24, 2.45) is 4.99 Å². The molecule has 0 amide bonds. The van der Waals surface area contributed by atoms with Crippen molar-refractivity contribution in [1.29, 1.82) is 0 Å². The van der Waals surface area contributed by atoms with Gasteiger partial charge in [0.1, 0.15) is 0 Å². The molecule has 0 unspecified atom stereocenters. The summed E-state index contributed by atoms with van der Waals surface area (Å²) in [6, 6.07) is 7.29. The maximum atomic E-state index is 11.3. The fraction of sp³-hybridized carbons (Fsp3) is 0.364. The van der Waals surface area contributed by atoms with Gasteiger partial charge < -0.3 is 0 Å². The molecule has 1 aliphatic rings. The predicted molar refractivity (Wildman–Crippen MR) is 73.8 cm³/mol. The standard InChI is InChI=1S/C11H11BrClNO2S/c12-9-3-1-8(2-4-9)5-14-11-7-17(15,16)6-10(11)13/h1-5,10-11H,6-7H2/t10-,11+/m1/s1. The molecule has 6 heteroatoms. The smallest absolute Gasteiger partial charge is 0.153 e. The highest BCUT2D eigenvalue weighted by molar-refractivity contribution is 9.10. The fourth-order valence-corrected chi connectivity index (χ4v) is 4.44. The Morgan fingerprint density at radius 1 is 1.29 bits per heavy atom. The summed E-state index contributed by atoms with van der Waals surface area (Å²) in [5.74, 6) is 0.0745. The van der Waals surface area contributed by atoms with E-state index >= 15 is 0 Å². The van der Waals surface area contributed by atoms with Crippen LogP contribution >= 0.6 is 27.5 Å². The summed E-state index contributed by atoms with van der Waals surface area (Å²) >= 11 is 9.30. The van der Waals surface area contributed by atoms with Crippen molar-refractivity contribution >= 4 is 43.6 Å². The van der Waals surface area contributed by atoms with Gasteiger partial charge in [-0.3, -0.25) is 4.99 Å². The quantitative estimate of drug-likeness (QED) is 0.614. The number of sulfone groups is 1. The zero-order valence-corrected chi connectivity index (χ0v) is 12.0. The van der Waals surface area contributed by atoms with Crippen LogP contribution in [-0.2, 0) is 9.84 Å². The molecule has 0 saturated carbocycles. The van der Waals surface area contributed by atoms with Gasteiger partial charge in [-0.2, -0.15) is 0 Å². The minimum Gasteiger partial charge on any atom is -0.287 e. The molecule has 17 heavy (non-hydrogen) atoms. The van der Waals surface area contributed by atoms with Gasteiger partial charge >= 0.3 is 0 Å². The zero-order chi connectivity index (χ0) is 12.5. The first-order valence-electron chi connectivity index (χ1n) is 5.09. The summed E-state index contributed by atoms with van der Waals surface area (Å²) in [4.78, 5) is 4.25. The van der Waals surface area contributed by atoms with E-state index in [2.05, 4.69) is 20.9 Å². The topological polar surface area (TPSA) is 46.5 Å². The third kappa shape index (κ3) is 3.53. The Labute approximate surface area is 114 Å². The lowest BCUT2D eigenvalue weighted by molar-refractivity contribution is 0.601. The monoisotopic (exact) mass is 335 g/mol. The van der Waals surface area contributed by atoms with E-state index in [4.69, 9.17) is 11.6 Å². The van der Waals surface area contributed by atoms with E-state index in [1.54, 1.807) is 6.21 Å². The Morgan fingerprint density at radius 3 is 2.47 bits per heavy atom. The second-order valence-corrected chi connectivity index (χ2v) is 7.62. The van der Waals surface area contributed by atoms with Crippen molar-refractivity contribution in [3.63, 3.8) is 0 Å². The summed E-state index contributed by atoms with van der Waals surface area (Å²) in [5.41, 5.74) is 0.932. The van der Waals surface area contributed by atoms with E-state index in [9.17, 15) is 8.42 Å². The van der Waals surface area contributed by atoms with E-state index in [1.165, 1.54) is 0 Å². The van der Waals surface area contributed by atoms with E-state index < -0.39 is 15.2 Å². The van der Waals surface area contributed by atoms with Gasteiger partial charge in [-0.15, -0.1) is 11.6 Å². The van der Waals surface area contributed by atoms with Gasteiger partial charge in [0, 0.05) is 10.7 Å². The highest BCUT2D eigenvalue weighted by atomic mass is 79.9. The molecule has 92 valence electrons. The number of rotatable bonds is 2. The SMILES string of the molecule is O=S1(=O)C[C@@H](Cl)[C@@H](N=Cc2ccc(Br)cc2)C1. The van der Waals surface area contributed by atoms with Gasteiger partial charge in [0.05, 0.1) is 22.9 Å².